The first kappa shape index (κ1) is 15.4. The van der Waals surface area contributed by atoms with Gasteiger partial charge in [-0.3, -0.25) is 0 Å². The van der Waals surface area contributed by atoms with Gasteiger partial charge in [0.05, 0.1) is 18.8 Å². The number of benzene rings is 1. The zero-order chi connectivity index (χ0) is 14.4. The third kappa shape index (κ3) is 4.52. The quantitative estimate of drug-likeness (QED) is 0.471. The van der Waals surface area contributed by atoms with Crippen LogP contribution in [-0.4, -0.2) is 18.8 Å². The lowest BCUT2D eigenvalue weighted by molar-refractivity contribution is 0.306. The van der Waals surface area contributed by atoms with Crippen LogP contribution in [0.25, 0.3) is 0 Å². The summed E-state index contributed by atoms with van der Waals surface area (Å²) in [4.78, 5) is 0. The molecular weight excluding hydrogens is 248 g/mol. The maximum Gasteiger partial charge on any atom is 0.119 e. The van der Waals surface area contributed by atoms with E-state index in [1.54, 1.807) is 0 Å². The van der Waals surface area contributed by atoms with E-state index in [2.05, 4.69) is 45.0 Å². The first-order valence-electron chi connectivity index (χ1n) is 8.12. The summed E-state index contributed by atoms with van der Waals surface area (Å²) >= 11 is 0. The van der Waals surface area contributed by atoms with Gasteiger partial charge in [0.25, 0.3) is 0 Å². The van der Waals surface area contributed by atoms with Crippen molar-refractivity contribution in [1.29, 1.82) is 0 Å². The first-order chi connectivity index (χ1) is 9.74. The van der Waals surface area contributed by atoms with Crippen LogP contribution in [0.15, 0.2) is 24.3 Å². The van der Waals surface area contributed by atoms with E-state index in [4.69, 9.17) is 9.47 Å². The predicted molar refractivity (Wildman–Crippen MR) is 83.4 cm³/mol. The molecule has 0 saturated carbocycles. The van der Waals surface area contributed by atoms with Gasteiger partial charge in [-0.2, -0.15) is 0 Å². The molecule has 1 aromatic rings. The second-order valence-corrected chi connectivity index (χ2v) is 5.88. The highest BCUT2D eigenvalue weighted by Gasteiger charge is 2.37. The van der Waals surface area contributed by atoms with Crippen molar-refractivity contribution in [2.45, 2.75) is 71.0 Å². The molecule has 3 unspecified atom stereocenters. The highest BCUT2D eigenvalue weighted by molar-refractivity contribution is 5.29. The van der Waals surface area contributed by atoms with Gasteiger partial charge in [-0.15, -0.1) is 0 Å². The zero-order valence-corrected chi connectivity index (χ0v) is 13.1. The Labute approximate surface area is 123 Å². The third-order valence-corrected chi connectivity index (χ3v) is 4.14. The van der Waals surface area contributed by atoms with Gasteiger partial charge >= 0.3 is 0 Å². The predicted octanol–water partition coefficient (Wildman–Crippen LogP) is 4.93. The number of hydrogen-bond donors (Lipinski definition) is 0. The molecule has 1 saturated heterocycles. The van der Waals surface area contributed by atoms with Gasteiger partial charge in [0.2, 0.25) is 0 Å². The lowest BCUT2D eigenvalue weighted by Crippen LogP contribution is -2.01. The van der Waals surface area contributed by atoms with Gasteiger partial charge in [-0.25, -0.2) is 0 Å². The Morgan fingerprint density at radius 1 is 1.10 bits per heavy atom. The Morgan fingerprint density at radius 3 is 2.45 bits per heavy atom. The van der Waals surface area contributed by atoms with E-state index in [0.717, 1.165) is 31.6 Å². The Hall–Kier alpha value is -1.02. The third-order valence-electron chi connectivity index (χ3n) is 4.14. The molecule has 0 bridgehead atoms. The summed E-state index contributed by atoms with van der Waals surface area (Å²) in [5.74, 6) is 1.55. The van der Waals surface area contributed by atoms with E-state index in [0.29, 0.717) is 18.1 Å². The average Bonchev–Trinajstić information content (AvgIpc) is 3.22. The molecule has 1 aromatic carbocycles. The van der Waals surface area contributed by atoms with Gasteiger partial charge in [-0.05, 0) is 42.9 Å². The van der Waals surface area contributed by atoms with E-state index in [1.807, 2.05) is 0 Å². The van der Waals surface area contributed by atoms with Crippen LogP contribution in [0.4, 0.5) is 0 Å². The number of ether oxygens (including phenoxy) is 2. The fourth-order valence-corrected chi connectivity index (χ4v) is 2.66. The first-order valence-corrected chi connectivity index (χ1v) is 8.12. The van der Waals surface area contributed by atoms with Crippen LogP contribution in [0.1, 0.15) is 64.4 Å². The van der Waals surface area contributed by atoms with E-state index < -0.39 is 0 Å². The molecule has 2 rings (SSSR count). The molecule has 1 aliphatic heterocycles. The molecule has 0 amide bonds. The smallest absolute Gasteiger partial charge is 0.119 e. The van der Waals surface area contributed by atoms with Gasteiger partial charge in [0.15, 0.2) is 0 Å². The minimum atomic E-state index is 0.486. The molecule has 0 aromatic heterocycles. The molecule has 1 heterocycles. The average molecular weight is 276 g/mol. The number of unbranched alkanes of at least 4 members (excludes halogenated alkanes) is 2. The van der Waals surface area contributed by atoms with Crippen molar-refractivity contribution in [3.8, 4) is 5.75 Å². The molecule has 1 fully saturated rings. The van der Waals surface area contributed by atoms with E-state index >= 15 is 0 Å². The van der Waals surface area contributed by atoms with Crippen molar-refractivity contribution in [2.24, 2.45) is 0 Å². The van der Waals surface area contributed by atoms with Crippen LogP contribution < -0.4 is 4.74 Å². The van der Waals surface area contributed by atoms with E-state index in [9.17, 15) is 0 Å². The molecular formula is C18H28O2. The van der Waals surface area contributed by atoms with Crippen molar-refractivity contribution < 1.29 is 9.47 Å². The fraction of sp³-hybridized carbons (Fsp3) is 0.667. The van der Waals surface area contributed by atoms with Crippen LogP contribution in [0.2, 0.25) is 0 Å². The topological polar surface area (TPSA) is 21.8 Å². The molecule has 1 aliphatic rings. The van der Waals surface area contributed by atoms with Crippen molar-refractivity contribution in [3.63, 3.8) is 0 Å². The molecule has 2 nitrogen and oxygen atoms in total. The van der Waals surface area contributed by atoms with E-state index in [1.165, 1.54) is 18.4 Å². The van der Waals surface area contributed by atoms with Crippen LogP contribution in [-0.2, 0) is 4.74 Å². The van der Waals surface area contributed by atoms with Crippen molar-refractivity contribution >= 4 is 0 Å². The molecule has 0 radical (unpaired) electrons. The zero-order valence-electron chi connectivity index (χ0n) is 13.1. The summed E-state index contributed by atoms with van der Waals surface area (Å²) in [5.41, 5.74) is 1.39. The summed E-state index contributed by atoms with van der Waals surface area (Å²) in [5, 5.41) is 0. The number of hydrogen-bond acceptors (Lipinski definition) is 2. The molecule has 0 N–H and O–H groups in total. The number of rotatable bonds is 9. The molecule has 2 heteroatoms. The van der Waals surface area contributed by atoms with Gasteiger partial charge in [0.1, 0.15) is 5.75 Å². The Balaban J connectivity index is 1.75. The summed E-state index contributed by atoms with van der Waals surface area (Å²) in [6.45, 7) is 7.52. The van der Waals surface area contributed by atoms with Crippen LogP contribution in [0.3, 0.4) is 0 Å². The van der Waals surface area contributed by atoms with Gasteiger partial charge < -0.3 is 9.47 Å². The highest BCUT2D eigenvalue weighted by Crippen LogP contribution is 2.34. The summed E-state index contributed by atoms with van der Waals surface area (Å²) in [6.07, 6.45) is 6.90. The van der Waals surface area contributed by atoms with Gasteiger partial charge in [0, 0.05) is 0 Å². The van der Waals surface area contributed by atoms with Gasteiger partial charge in [-0.1, -0.05) is 45.7 Å². The lowest BCUT2D eigenvalue weighted by atomic mass is 9.95. The molecule has 3 atom stereocenters. The van der Waals surface area contributed by atoms with E-state index in [-0.39, 0.29) is 0 Å². The Kier molecular flexibility index (Phi) is 5.90. The molecule has 0 aliphatic carbocycles. The molecule has 0 spiro atoms. The van der Waals surface area contributed by atoms with Crippen molar-refractivity contribution in [1.82, 2.24) is 0 Å². The monoisotopic (exact) mass is 276 g/mol. The minimum absolute atomic E-state index is 0.486. The standard InChI is InChI=1S/C18H28O2/c1-4-6-7-12-19-16-10-8-15(9-11-16)14(3)13-18-17(5-2)20-18/h8-11,14,17-18H,4-7,12-13H2,1-3H3. The van der Waals surface area contributed by atoms with Crippen LogP contribution >= 0.6 is 0 Å². The normalized spacial score (nSPS) is 22.6. The largest absolute Gasteiger partial charge is 0.494 e. The highest BCUT2D eigenvalue weighted by atomic mass is 16.6. The summed E-state index contributed by atoms with van der Waals surface area (Å²) < 4.78 is 11.4. The Morgan fingerprint density at radius 2 is 1.85 bits per heavy atom. The second kappa shape index (κ2) is 7.68. The van der Waals surface area contributed by atoms with Crippen molar-refractivity contribution in [2.75, 3.05) is 6.61 Å². The maximum atomic E-state index is 5.75. The molecule has 20 heavy (non-hydrogen) atoms. The lowest BCUT2D eigenvalue weighted by Gasteiger charge is -2.12. The number of epoxide rings is 1. The maximum absolute atomic E-state index is 5.75. The minimum Gasteiger partial charge on any atom is -0.494 e. The summed E-state index contributed by atoms with van der Waals surface area (Å²) in [6, 6.07) is 8.60. The second-order valence-electron chi connectivity index (χ2n) is 5.88. The summed E-state index contributed by atoms with van der Waals surface area (Å²) in [7, 11) is 0. The van der Waals surface area contributed by atoms with Crippen LogP contribution in [0.5, 0.6) is 5.75 Å². The van der Waals surface area contributed by atoms with Crippen molar-refractivity contribution in [3.05, 3.63) is 29.8 Å². The fourth-order valence-electron chi connectivity index (χ4n) is 2.66. The SMILES string of the molecule is CCCCCOc1ccc(C(C)CC2OC2CC)cc1. The Bertz CT molecular complexity index is 385. The van der Waals surface area contributed by atoms with Crippen LogP contribution in [0, 0.1) is 0 Å². The molecule has 112 valence electrons.